The standard InChI is InChI=1S/C30H37FN4O3/c1-18(2)33(6)28(36)24-13-20(31)8-10-26(24)35-17-25(22-11-12-32-15-27(22)35)23-14-21-9-7-19(23)16-34(21)29(37)38-30(3,4)5/h8,10-13,15,17-19,21,23H,7,9,14,16H2,1-6H3. The summed E-state index contributed by atoms with van der Waals surface area (Å²) in [5.74, 6) is -0.111. The van der Waals surface area contributed by atoms with Gasteiger partial charge in [0.2, 0.25) is 0 Å². The van der Waals surface area contributed by atoms with Crippen LogP contribution in [0.3, 0.4) is 0 Å². The van der Waals surface area contributed by atoms with Crippen LogP contribution in [-0.2, 0) is 4.74 Å². The van der Waals surface area contributed by atoms with Crippen LogP contribution in [-0.4, -0.2) is 62.6 Å². The zero-order valence-corrected chi connectivity index (χ0v) is 23.1. The van der Waals surface area contributed by atoms with Gasteiger partial charge in [-0.25, -0.2) is 9.18 Å². The van der Waals surface area contributed by atoms with Crippen molar-refractivity contribution in [3.05, 3.63) is 59.8 Å². The van der Waals surface area contributed by atoms with E-state index in [1.165, 1.54) is 17.7 Å². The molecular weight excluding hydrogens is 483 g/mol. The Bertz CT molecular complexity index is 1380. The molecule has 38 heavy (non-hydrogen) atoms. The fourth-order valence-corrected chi connectivity index (χ4v) is 5.95. The van der Waals surface area contributed by atoms with E-state index in [1.807, 2.05) is 50.2 Å². The maximum atomic E-state index is 14.4. The van der Waals surface area contributed by atoms with E-state index in [1.54, 1.807) is 30.4 Å². The van der Waals surface area contributed by atoms with Gasteiger partial charge in [-0.15, -0.1) is 0 Å². The van der Waals surface area contributed by atoms with Gasteiger partial charge < -0.3 is 19.1 Å². The number of carbonyl (C=O) groups excluding carboxylic acids is 2. The third-order valence-corrected chi connectivity index (χ3v) is 8.05. The average Bonchev–Trinajstić information content (AvgIpc) is 3.26. The lowest BCUT2D eigenvalue weighted by molar-refractivity contribution is -0.0178. The molecule has 3 aromatic rings. The molecule has 2 aliphatic heterocycles. The number of benzene rings is 1. The van der Waals surface area contributed by atoms with Crippen molar-refractivity contribution in [1.29, 1.82) is 0 Å². The van der Waals surface area contributed by atoms with E-state index in [0.717, 1.165) is 30.2 Å². The van der Waals surface area contributed by atoms with Crippen LogP contribution >= 0.6 is 0 Å². The molecule has 2 aromatic heterocycles. The highest BCUT2D eigenvalue weighted by molar-refractivity contribution is 5.99. The minimum Gasteiger partial charge on any atom is -0.444 e. The summed E-state index contributed by atoms with van der Waals surface area (Å²) in [6.07, 6.45) is 8.32. The van der Waals surface area contributed by atoms with Crippen molar-refractivity contribution in [3.63, 3.8) is 0 Å². The third-order valence-electron chi connectivity index (χ3n) is 8.05. The molecule has 1 aliphatic carbocycles. The van der Waals surface area contributed by atoms with Gasteiger partial charge in [-0.3, -0.25) is 9.78 Å². The molecule has 3 fully saturated rings. The summed E-state index contributed by atoms with van der Waals surface area (Å²) in [5, 5.41) is 1.07. The van der Waals surface area contributed by atoms with Crippen LogP contribution in [0.5, 0.6) is 0 Å². The number of fused-ring (bicyclic) bond motifs is 4. The fraction of sp³-hybridized carbons (Fsp3) is 0.500. The van der Waals surface area contributed by atoms with E-state index >= 15 is 0 Å². The summed E-state index contributed by atoms with van der Waals surface area (Å²) in [5.41, 5.74) is 2.47. The Morgan fingerprint density at radius 2 is 1.95 bits per heavy atom. The predicted octanol–water partition coefficient (Wildman–Crippen LogP) is 6.15. The lowest BCUT2D eigenvalue weighted by Gasteiger charge is -2.49. The van der Waals surface area contributed by atoms with E-state index < -0.39 is 11.4 Å². The van der Waals surface area contributed by atoms with E-state index in [-0.39, 0.29) is 30.0 Å². The largest absolute Gasteiger partial charge is 0.444 e. The molecule has 6 rings (SSSR count). The first-order valence-corrected chi connectivity index (χ1v) is 13.5. The van der Waals surface area contributed by atoms with Crippen molar-refractivity contribution in [1.82, 2.24) is 19.4 Å². The third kappa shape index (κ3) is 4.76. The minimum absolute atomic E-state index is 0.0250. The summed E-state index contributed by atoms with van der Waals surface area (Å²) in [4.78, 5) is 34.2. The monoisotopic (exact) mass is 520 g/mol. The van der Waals surface area contributed by atoms with E-state index in [9.17, 15) is 14.0 Å². The molecule has 2 bridgehead atoms. The summed E-state index contributed by atoms with van der Waals surface area (Å²) in [7, 11) is 1.73. The number of nitrogens with zero attached hydrogens (tertiary/aromatic N) is 4. The lowest BCUT2D eigenvalue weighted by Crippen LogP contribution is -2.54. The Labute approximate surface area is 223 Å². The van der Waals surface area contributed by atoms with Crippen LogP contribution in [0.2, 0.25) is 0 Å². The number of halogens is 1. The van der Waals surface area contributed by atoms with Gasteiger partial charge in [0.15, 0.2) is 0 Å². The maximum Gasteiger partial charge on any atom is 0.410 e. The second-order valence-electron chi connectivity index (χ2n) is 12.0. The second kappa shape index (κ2) is 9.71. The molecule has 2 amide bonds. The van der Waals surface area contributed by atoms with Crippen LogP contribution in [0.25, 0.3) is 16.6 Å². The van der Waals surface area contributed by atoms with E-state index in [4.69, 9.17) is 4.74 Å². The molecule has 3 aliphatic rings. The maximum absolute atomic E-state index is 14.4. The van der Waals surface area contributed by atoms with Crippen molar-refractivity contribution >= 4 is 22.9 Å². The molecule has 4 heterocycles. The normalized spacial score (nSPS) is 21.3. The molecule has 2 saturated heterocycles. The highest BCUT2D eigenvalue weighted by Gasteiger charge is 2.45. The molecule has 1 saturated carbocycles. The Hall–Kier alpha value is -3.42. The van der Waals surface area contributed by atoms with Crippen molar-refractivity contribution in [3.8, 4) is 5.69 Å². The topological polar surface area (TPSA) is 67.7 Å². The van der Waals surface area contributed by atoms with Crippen molar-refractivity contribution < 1.29 is 18.7 Å². The molecule has 3 atom stereocenters. The van der Waals surface area contributed by atoms with Crippen LogP contribution in [0.15, 0.2) is 42.9 Å². The molecule has 0 spiro atoms. The van der Waals surface area contributed by atoms with Gasteiger partial charge in [-0.1, -0.05) is 0 Å². The van der Waals surface area contributed by atoms with Crippen LogP contribution < -0.4 is 0 Å². The van der Waals surface area contributed by atoms with Gasteiger partial charge in [0.25, 0.3) is 5.91 Å². The molecule has 8 heteroatoms. The van der Waals surface area contributed by atoms with Crippen molar-refractivity contribution in [2.75, 3.05) is 13.6 Å². The number of ether oxygens (including phenoxy) is 1. The Balaban J connectivity index is 1.54. The summed E-state index contributed by atoms with van der Waals surface area (Å²) in [6, 6.07) is 6.50. The molecule has 202 valence electrons. The first kappa shape index (κ1) is 26.2. The zero-order chi connectivity index (χ0) is 27.4. The van der Waals surface area contributed by atoms with Crippen molar-refractivity contribution in [2.24, 2.45) is 5.92 Å². The van der Waals surface area contributed by atoms with Gasteiger partial charge in [0.1, 0.15) is 11.4 Å². The van der Waals surface area contributed by atoms with Crippen molar-refractivity contribution in [2.45, 2.75) is 77.5 Å². The average molecular weight is 521 g/mol. The highest BCUT2D eigenvalue weighted by atomic mass is 19.1. The van der Waals surface area contributed by atoms with Gasteiger partial charge >= 0.3 is 6.09 Å². The highest BCUT2D eigenvalue weighted by Crippen LogP contribution is 2.47. The Morgan fingerprint density at radius 3 is 2.61 bits per heavy atom. The number of aromatic nitrogens is 2. The molecule has 7 nitrogen and oxygen atoms in total. The number of rotatable bonds is 4. The molecule has 0 N–H and O–H groups in total. The summed E-state index contributed by atoms with van der Waals surface area (Å²) >= 11 is 0. The first-order chi connectivity index (χ1) is 17.9. The van der Waals surface area contributed by atoms with Gasteiger partial charge in [0, 0.05) is 43.5 Å². The molecule has 1 aromatic carbocycles. The SMILES string of the molecule is CC(C)N(C)C(=O)c1cc(F)ccc1-n1cc(C2CC3CCC2CN3C(=O)OC(C)(C)C)c2ccncc21. The van der Waals surface area contributed by atoms with Crippen LogP contribution in [0.1, 0.15) is 75.7 Å². The van der Waals surface area contributed by atoms with Gasteiger partial charge in [-0.05, 0) is 95.5 Å². The Morgan fingerprint density at radius 1 is 1.18 bits per heavy atom. The molecular formula is C30H37FN4O3. The second-order valence-corrected chi connectivity index (χ2v) is 12.0. The first-order valence-electron chi connectivity index (χ1n) is 13.5. The smallest absolute Gasteiger partial charge is 0.410 e. The summed E-state index contributed by atoms with van der Waals surface area (Å²) in [6.45, 7) is 10.2. The quantitative estimate of drug-likeness (QED) is 0.414. The Kier molecular flexibility index (Phi) is 6.70. The van der Waals surface area contributed by atoms with Gasteiger partial charge in [0.05, 0.1) is 23.0 Å². The zero-order valence-electron chi connectivity index (χ0n) is 23.1. The lowest BCUT2D eigenvalue weighted by atomic mass is 9.69. The number of carbonyl (C=O) groups is 2. The number of hydrogen-bond acceptors (Lipinski definition) is 4. The number of amides is 2. The predicted molar refractivity (Wildman–Crippen MR) is 145 cm³/mol. The number of hydrogen-bond donors (Lipinski definition) is 0. The molecule has 0 radical (unpaired) electrons. The summed E-state index contributed by atoms with van der Waals surface area (Å²) < 4.78 is 22.0. The van der Waals surface area contributed by atoms with Gasteiger partial charge in [-0.2, -0.15) is 0 Å². The van der Waals surface area contributed by atoms with Crippen LogP contribution in [0, 0.1) is 11.7 Å². The fourth-order valence-electron chi connectivity index (χ4n) is 5.95. The van der Waals surface area contributed by atoms with E-state index in [2.05, 4.69) is 11.2 Å². The van der Waals surface area contributed by atoms with Crippen LogP contribution in [0.4, 0.5) is 9.18 Å². The minimum atomic E-state index is -0.526. The van der Waals surface area contributed by atoms with E-state index in [0.29, 0.717) is 23.7 Å². The number of pyridine rings is 1. The molecule has 3 unspecified atom stereocenters. The number of piperidine rings is 2.